The molecule has 17 heavy (non-hydrogen) atoms. The van der Waals surface area contributed by atoms with Gasteiger partial charge >= 0.3 is 0 Å². The van der Waals surface area contributed by atoms with Crippen molar-refractivity contribution in [2.75, 3.05) is 6.54 Å². The first-order chi connectivity index (χ1) is 7.97. The number of aryl methyl sites for hydroxylation is 1. The maximum atomic E-state index is 11.0. The molecule has 1 aromatic rings. The Morgan fingerprint density at radius 2 is 2.06 bits per heavy atom. The number of hydrogen-bond donors (Lipinski definition) is 1. The lowest BCUT2D eigenvalue weighted by Gasteiger charge is -2.21. The average Bonchev–Trinajstić information content (AvgIpc) is 2.28. The summed E-state index contributed by atoms with van der Waals surface area (Å²) in [5.74, 6) is 0.121. The zero-order valence-corrected chi connectivity index (χ0v) is 10.9. The van der Waals surface area contributed by atoms with Crippen LogP contribution in [-0.4, -0.2) is 17.5 Å². The number of rotatable bonds is 5. The molecule has 2 unspecified atom stereocenters. The molecule has 0 aliphatic carbocycles. The number of benzene rings is 1. The Labute approximate surface area is 102 Å². The molecule has 0 heterocycles. The van der Waals surface area contributed by atoms with Gasteiger partial charge in [0.05, 0.1) is 4.92 Å². The highest BCUT2D eigenvalue weighted by Crippen LogP contribution is 2.29. The molecule has 94 valence electrons. The van der Waals surface area contributed by atoms with E-state index in [0.717, 1.165) is 17.7 Å². The monoisotopic (exact) mass is 236 g/mol. The Hall–Kier alpha value is -1.42. The second-order valence-electron chi connectivity index (χ2n) is 4.45. The van der Waals surface area contributed by atoms with Crippen LogP contribution in [0.2, 0.25) is 0 Å². The highest BCUT2D eigenvalue weighted by Gasteiger charge is 2.22. The number of nitro benzene ring substituents is 1. The first-order valence-electron chi connectivity index (χ1n) is 5.95. The standard InChI is InChI=1S/C13H20N2O2/c1-5-14-11(4)10(3)12-7-6-9(2)8-13(12)15(16)17/h6-8,10-11,14H,5H2,1-4H3. The molecule has 4 heteroatoms. The van der Waals surface area contributed by atoms with Crippen molar-refractivity contribution in [1.29, 1.82) is 0 Å². The van der Waals surface area contributed by atoms with Crippen molar-refractivity contribution in [3.05, 3.63) is 39.4 Å². The molecular weight excluding hydrogens is 216 g/mol. The Morgan fingerprint density at radius 1 is 1.41 bits per heavy atom. The van der Waals surface area contributed by atoms with Crippen LogP contribution in [0.1, 0.15) is 37.8 Å². The van der Waals surface area contributed by atoms with Gasteiger partial charge in [-0.3, -0.25) is 10.1 Å². The van der Waals surface area contributed by atoms with E-state index in [-0.39, 0.29) is 22.6 Å². The first kappa shape index (κ1) is 13.6. The fourth-order valence-electron chi connectivity index (χ4n) is 1.96. The highest BCUT2D eigenvalue weighted by atomic mass is 16.6. The molecule has 1 aromatic carbocycles. The van der Waals surface area contributed by atoms with Crippen LogP contribution >= 0.6 is 0 Å². The molecule has 1 rings (SSSR count). The fourth-order valence-corrected chi connectivity index (χ4v) is 1.96. The van der Waals surface area contributed by atoms with Gasteiger partial charge in [-0.05, 0) is 26.0 Å². The summed E-state index contributed by atoms with van der Waals surface area (Å²) >= 11 is 0. The molecule has 0 aliphatic rings. The molecule has 0 radical (unpaired) electrons. The van der Waals surface area contributed by atoms with Crippen molar-refractivity contribution in [3.63, 3.8) is 0 Å². The van der Waals surface area contributed by atoms with E-state index in [1.807, 2.05) is 32.9 Å². The Balaban J connectivity index is 3.08. The van der Waals surface area contributed by atoms with E-state index in [2.05, 4.69) is 12.2 Å². The quantitative estimate of drug-likeness (QED) is 0.631. The van der Waals surface area contributed by atoms with Crippen molar-refractivity contribution in [3.8, 4) is 0 Å². The predicted molar refractivity (Wildman–Crippen MR) is 69.4 cm³/mol. The van der Waals surface area contributed by atoms with Gasteiger partial charge in [0.25, 0.3) is 5.69 Å². The summed E-state index contributed by atoms with van der Waals surface area (Å²) in [5, 5.41) is 14.3. The lowest BCUT2D eigenvalue weighted by Crippen LogP contribution is -2.30. The lowest BCUT2D eigenvalue weighted by molar-refractivity contribution is -0.385. The van der Waals surface area contributed by atoms with Gasteiger partial charge in [0.15, 0.2) is 0 Å². The van der Waals surface area contributed by atoms with Gasteiger partial charge in [0.1, 0.15) is 0 Å². The number of likely N-dealkylation sites (N-methyl/N-ethyl adjacent to an activating group) is 1. The molecule has 4 nitrogen and oxygen atoms in total. The van der Waals surface area contributed by atoms with Crippen molar-refractivity contribution < 1.29 is 4.92 Å². The van der Waals surface area contributed by atoms with Crippen molar-refractivity contribution in [2.24, 2.45) is 0 Å². The van der Waals surface area contributed by atoms with Crippen LogP contribution in [0, 0.1) is 17.0 Å². The summed E-state index contributed by atoms with van der Waals surface area (Å²) in [6, 6.07) is 5.66. The molecule has 0 aliphatic heterocycles. The molecule has 1 N–H and O–H groups in total. The third-order valence-corrected chi connectivity index (χ3v) is 3.15. The third-order valence-electron chi connectivity index (χ3n) is 3.15. The average molecular weight is 236 g/mol. The minimum absolute atomic E-state index is 0.121. The number of hydrogen-bond acceptors (Lipinski definition) is 3. The summed E-state index contributed by atoms with van der Waals surface area (Å²) in [6.07, 6.45) is 0. The number of nitrogens with one attached hydrogen (secondary N) is 1. The van der Waals surface area contributed by atoms with Crippen LogP contribution in [0.3, 0.4) is 0 Å². The van der Waals surface area contributed by atoms with E-state index in [1.54, 1.807) is 6.07 Å². The van der Waals surface area contributed by atoms with Crippen LogP contribution in [0.4, 0.5) is 5.69 Å². The third kappa shape index (κ3) is 3.27. The Morgan fingerprint density at radius 3 is 2.59 bits per heavy atom. The zero-order chi connectivity index (χ0) is 13.0. The Kier molecular flexibility index (Phi) is 4.63. The van der Waals surface area contributed by atoms with Crippen LogP contribution < -0.4 is 5.32 Å². The van der Waals surface area contributed by atoms with Crippen molar-refractivity contribution in [2.45, 2.75) is 39.7 Å². The van der Waals surface area contributed by atoms with Crippen molar-refractivity contribution >= 4 is 5.69 Å². The second kappa shape index (κ2) is 5.77. The van der Waals surface area contributed by atoms with E-state index < -0.39 is 0 Å². The van der Waals surface area contributed by atoms with E-state index in [0.29, 0.717) is 0 Å². The molecule has 2 atom stereocenters. The van der Waals surface area contributed by atoms with E-state index >= 15 is 0 Å². The van der Waals surface area contributed by atoms with Gasteiger partial charge in [0, 0.05) is 23.6 Å². The zero-order valence-electron chi connectivity index (χ0n) is 10.9. The van der Waals surface area contributed by atoms with Crippen LogP contribution in [0.15, 0.2) is 18.2 Å². The van der Waals surface area contributed by atoms with E-state index in [4.69, 9.17) is 0 Å². The van der Waals surface area contributed by atoms with Crippen LogP contribution in [-0.2, 0) is 0 Å². The highest BCUT2D eigenvalue weighted by molar-refractivity contribution is 5.45. The van der Waals surface area contributed by atoms with Gasteiger partial charge in [-0.15, -0.1) is 0 Å². The normalized spacial score (nSPS) is 14.4. The summed E-state index contributed by atoms with van der Waals surface area (Å²) < 4.78 is 0. The van der Waals surface area contributed by atoms with Gasteiger partial charge < -0.3 is 5.32 Å². The summed E-state index contributed by atoms with van der Waals surface area (Å²) in [7, 11) is 0. The summed E-state index contributed by atoms with van der Waals surface area (Å²) in [6.45, 7) is 8.84. The molecule has 0 aromatic heterocycles. The molecule has 0 amide bonds. The molecule has 0 saturated carbocycles. The predicted octanol–water partition coefficient (Wildman–Crippen LogP) is 3.00. The smallest absolute Gasteiger partial charge is 0.273 e. The van der Waals surface area contributed by atoms with Gasteiger partial charge in [-0.25, -0.2) is 0 Å². The number of nitrogens with zero attached hydrogens (tertiary/aromatic N) is 1. The number of nitro groups is 1. The van der Waals surface area contributed by atoms with E-state index in [1.165, 1.54) is 0 Å². The minimum Gasteiger partial charge on any atom is -0.314 e. The maximum absolute atomic E-state index is 11.0. The summed E-state index contributed by atoms with van der Waals surface area (Å²) in [4.78, 5) is 10.7. The second-order valence-corrected chi connectivity index (χ2v) is 4.45. The van der Waals surface area contributed by atoms with Gasteiger partial charge in [0.2, 0.25) is 0 Å². The topological polar surface area (TPSA) is 55.2 Å². The lowest BCUT2D eigenvalue weighted by atomic mass is 9.92. The first-order valence-corrected chi connectivity index (χ1v) is 5.95. The van der Waals surface area contributed by atoms with Crippen molar-refractivity contribution in [1.82, 2.24) is 5.32 Å². The molecule has 0 saturated heterocycles. The molecule has 0 spiro atoms. The van der Waals surface area contributed by atoms with Gasteiger partial charge in [-0.1, -0.05) is 26.0 Å². The maximum Gasteiger partial charge on any atom is 0.273 e. The SMILES string of the molecule is CCNC(C)C(C)c1ccc(C)cc1[N+](=O)[O-]. The van der Waals surface area contributed by atoms with Crippen LogP contribution in [0.5, 0.6) is 0 Å². The van der Waals surface area contributed by atoms with E-state index in [9.17, 15) is 10.1 Å². The molecule has 0 fully saturated rings. The van der Waals surface area contributed by atoms with Crippen LogP contribution in [0.25, 0.3) is 0 Å². The minimum atomic E-state index is -0.294. The summed E-state index contributed by atoms with van der Waals surface area (Å²) in [5.41, 5.74) is 1.94. The van der Waals surface area contributed by atoms with Gasteiger partial charge in [-0.2, -0.15) is 0 Å². The fraction of sp³-hybridized carbons (Fsp3) is 0.538. The Bertz CT molecular complexity index is 404. The molecular formula is C13H20N2O2. The molecule has 0 bridgehead atoms. The largest absolute Gasteiger partial charge is 0.314 e.